The third-order valence-corrected chi connectivity index (χ3v) is 5.67. The number of aliphatic hydroxyl groups is 1. The molecule has 1 aliphatic heterocycles. The maximum absolute atomic E-state index is 13.3. The lowest BCUT2D eigenvalue weighted by molar-refractivity contribution is -0.138. The van der Waals surface area contributed by atoms with E-state index in [1.807, 2.05) is 30.3 Å². The number of benzene rings is 2. The molecule has 1 atom stereocenters. The van der Waals surface area contributed by atoms with Gasteiger partial charge in [-0.3, -0.25) is 9.69 Å². The number of anilines is 1. The predicted octanol–water partition coefficient (Wildman–Crippen LogP) is 3.83. The SMILES string of the molecule is O=C(c1ccccc1C(F)(F)F)N1CCN(C(O)Nc2ccc(OCc3ccccc3)nc2)CC1. The van der Waals surface area contributed by atoms with E-state index in [2.05, 4.69) is 10.3 Å². The summed E-state index contributed by atoms with van der Waals surface area (Å²) in [4.78, 5) is 20.0. The van der Waals surface area contributed by atoms with Crippen molar-refractivity contribution in [3.8, 4) is 5.88 Å². The quantitative estimate of drug-likeness (QED) is 0.495. The third-order valence-electron chi connectivity index (χ3n) is 5.67. The molecule has 184 valence electrons. The molecule has 0 bridgehead atoms. The number of hydrogen-bond donors (Lipinski definition) is 2. The highest BCUT2D eigenvalue weighted by molar-refractivity contribution is 5.96. The summed E-state index contributed by atoms with van der Waals surface area (Å²) in [6.07, 6.45) is -4.12. The van der Waals surface area contributed by atoms with Crippen molar-refractivity contribution >= 4 is 11.6 Å². The topological polar surface area (TPSA) is 77.9 Å². The number of halogens is 3. The van der Waals surface area contributed by atoms with E-state index in [0.717, 1.165) is 11.6 Å². The molecule has 0 spiro atoms. The normalized spacial score (nSPS) is 15.5. The van der Waals surface area contributed by atoms with Crippen LogP contribution < -0.4 is 10.1 Å². The number of pyridine rings is 1. The summed E-state index contributed by atoms with van der Waals surface area (Å²) < 4.78 is 45.4. The molecule has 2 N–H and O–H groups in total. The van der Waals surface area contributed by atoms with Crippen LogP contribution in [0.3, 0.4) is 0 Å². The molecule has 2 aromatic carbocycles. The highest BCUT2D eigenvalue weighted by Gasteiger charge is 2.36. The van der Waals surface area contributed by atoms with Crippen molar-refractivity contribution in [3.05, 3.63) is 89.6 Å². The van der Waals surface area contributed by atoms with Gasteiger partial charge in [0.05, 0.1) is 23.0 Å². The number of carbonyl (C=O) groups excluding carboxylic acids is 1. The third kappa shape index (κ3) is 6.28. The number of ether oxygens (including phenoxy) is 1. The molecule has 0 saturated carbocycles. The highest BCUT2D eigenvalue weighted by Crippen LogP contribution is 2.32. The molecule has 2 heterocycles. The zero-order chi connectivity index (χ0) is 24.8. The van der Waals surface area contributed by atoms with Gasteiger partial charge in [0.2, 0.25) is 5.88 Å². The zero-order valence-electron chi connectivity index (χ0n) is 18.8. The molecule has 7 nitrogen and oxygen atoms in total. The Morgan fingerprint density at radius 2 is 1.69 bits per heavy atom. The van der Waals surface area contributed by atoms with Crippen molar-refractivity contribution < 1.29 is 27.8 Å². The maximum atomic E-state index is 13.3. The minimum Gasteiger partial charge on any atom is -0.473 e. The minimum absolute atomic E-state index is 0.189. The Balaban J connectivity index is 1.28. The van der Waals surface area contributed by atoms with Gasteiger partial charge in [-0.1, -0.05) is 42.5 Å². The lowest BCUT2D eigenvalue weighted by Gasteiger charge is -2.37. The Labute approximate surface area is 200 Å². The van der Waals surface area contributed by atoms with Crippen molar-refractivity contribution in [1.29, 1.82) is 0 Å². The number of nitrogens with zero attached hydrogens (tertiary/aromatic N) is 3. The second-order valence-corrected chi connectivity index (χ2v) is 8.05. The Bertz CT molecular complexity index is 1120. The Hall–Kier alpha value is -3.63. The first-order chi connectivity index (χ1) is 16.8. The molecule has 1 unspecified atom stereocenters. The lowest BCUT2D eigenvalue weighted by Crippen LogP contribution is -2.54. The number of nitrogens with one attached hydrogen (secondary N) is 1. The molecule has 4 rings (SSSR count). The lowest BCUT2D eigenvalue weighted by atomic mass is 10.1. The predicted molar refractivity (Wildman–Crippen MR) is 124 cm³/mol. The second-order valence-electron chi connectivity index (χ2n) is 8.05. The summed E-state index contributed by atoms with van der Waals surface area (Å²) >= 11 is 0. The van der Waals surface area contributed by atoms with Crippen LogP contribution in [0, 0.1) is 0 Å². The smallest absolute Gasteiger partial charge is 0.417 e. The first kappa shape index (κ1) is 24.5. The molecule has 1 fully saturated rings. The summed E-state index contributed by atoms with van der Waals surface area (Å²) in [5.41, 5.74) is 0.277. The van der Waals surface area contributed by atoms with Gasteiger partial charge in [-0.05, 0) is 23.8 Å². The fourth-order valence-corrected chi connectivity index (χ4v) is 3.78. The van der Waals surface area contributed by atoms with Crippen LogP contribution >= 0.6 is 0 Å². The number of rotatable bonds is 7. The molecule has 35 heavy (non-hydrogen) atoms. The molecule has 3 aromatic rings. The number of amides is 1. The van der Waals surface area contributed by atoms with Gasteiger partial charge in [-0.25, -0.2) is 4.98 Å². The molecular formula is C25H25F3N4O3. The largest absolute Gasteiger partial charge is 0.473 e. The van der Waals surface area contributed by atoms with Crippen LogP contribution in [0.2, 0.25) is 0 Å². The number of hydrogen-bond acceptors (Lipinski definition) is 6. The second kappa shape index (κ2) is 10.7. The minimum atomic E-state index is -4.61. The van der Waals surface area contributed by atoms with Crippen molar-refractivity contribution in [3.63, 3.8) is 0 Å². The summed E-state index contributed by atoms with van der Waals surface area (Å²) in [5, 5.41) is 13.5. The Morgan fingerprint density at radius 1 is 1.00 bits per heavy atom. The Kier molecular flexibility index (Phi) is 7.52. The van der Waals surface area contributed by atoms with E-state index in [1.165, 1.54) is 29.3 Å². The van der Waals surface area contributed by atoms with Crippen LogP contribution in [0.5, 0.6) is 5.88 Å². The summed E-state index contributed by atoms with van der Waals surface area (Å²) in [5.74, 6) is -0.226. The summed E-state index contributed by atoms with van der Waals surface area (Å²) in [6.45, 7) is 1.35. The first-order valence-corrected chi connectivity index (χ1v) is 11.1. The van der Waals surface area contributed by atoms with Gasteiger partial charge >= 0.3 is 6.18 Å². The molecule has 0 aliphatic carbocycles. The average Bonchev–Trinajstić information content (AvgIpc) is 2.88. The van der Waals surface area contributed by atoms with Gasteiger partial charge < -0.3 is 20.1 Å². The fourth-order valence-electron chi connectivity index (χ4n) is 3.78. The van der Waals surface area contributed by atoms with Gasteiger partial charge in [0.1, 0.15) is 6.61 Å². The zero-order valence-corrected chi connectivity index (χ0v) is 18.8. The summed E-state index contributed by atoms with van der Waals surface area (Å²) in [7, 11) is 0. The fraction of sp³-hybridized carbons (Fsp3) is 0.280. The summed E-state index contributed by atoms with van der Waals surface area (Å²) in [6, 6.07) is 17.9. The number of aliphatic hydroxyl groups excluding tert-OH is 1. The van der Waals surface area contributed by atoms with E-state index < -0.39 is 24.0 Å². The van der Waals surface area contributed by atoms with Gasteiger partial charge in [-0.15, -0.1) is 0 Å². The van der Waals surface area contributed by atoms with Crippen LogP contribution in [0.15, 0.2) is 72.9 Å². The molecule has 1 saturated heterocycles. The highest BCUT2D eigenvalue weighted by atomic mass is 19.4. The molecule has 1 amide bonds. The van der Waals surface area contributed by atoms with Crippen LogP contribution in [0.4, 0.5) is 18.9 Å². The van der Waals surface area contributed by atoms with E-state index in [9.17, 15) is 23.1 Å². The molecule has 1 aromatic heterocycles. The van der Waals surface area contributed by atoms with Gasteiger partial charge in [0.15, 0.2) is 6.35 Å². The van der Waals surface area contributed by atoms with Gasteiger partial charge in [0, 0.05) is 32.2 Å². The first-order valence-electron chi connectivity index (χ1n) is 11.1. The standard InChI is InChI=1S/C25H25F3N4O3/c26-25(27,28)21-9-5-4-8-20(21)23(33)31-12-14-32(15-13-31)24(34)30-19-10-11-22(29-16-19)35-17-18-6-2-1-3-7-18/h1-11,16,24,30,34H,12-15,17H2. The Morgan fingerprint density at radius 3 is 2.34 bits per heavy atom. The van der Waals surface area contributed by atoms with Crippen molar-refractivity contribution in [2.24, 2.45) is 0 Å². The number of aromatic nitrogens is 1. The van der Waals surface area contributed by atoms with Crippen molar-refractivity contribution in [2.45, 2.75) is 19.1 Å². The van der Waals surface area contributed by atoms with Crippen LogP contribution in [0.25, 0.3) is 0 Å². The van der Waals surface area contributed by atoms with E-state index in [4.69, 9.17) is 4.74 Å². The van der Waals surface area contributed by atoms with E-state index in [-0.39, 0.29) is 18.7 Å². The van der Waals surface area contributed by atoms with Crippen LogP contribution in [-0.4, -0.2) is 58.3 Å². The van der Waals surface area contributed by atoms with Gasteiger partial charge in [0.25, 0.3) is 5.91 Å². The molecule has 10 heteroatoms. The van der Waals surface area contributed by atoms with Crippen LogP contribution in [-0.2, 0) is 12.8 Å². The van der Waals surface area contributed by atoms with E-state index in [1.54, 1.807) is 17.0 Å². The molecular weight excluding hydrogens is 461 g/mol. The number of carbonyl (C=O) groups is 1. The number of piperazine rings is 1. The molecule has 0 radical (unpaired) electrons. The van der Waals surface area contributed by atoms with Gasteiger partial charge in [-0.2, -0.15) is 13.2 Å². The number of alkyl halides is 3. The van der Waals surface area contributed by atoms with Crippen LogP contribution in [0.1, 0.15) is 21.5 Å². The van der Waals surface area contributed by atoms with E-state index >= 15 is 0 Å². The molecule has 1 aliphatic rings. The van der Waals surface area contributed by atoms with Crippen molar-refractivity contribution in [2.75, 3.05) is 31.5 Å². The van der Waals surface area contributed by atoms with Crippen molar-refractivity contribution in [1.82, 2.24) is 14.8 Å². The van der Waals surface area contributed by atoms with E-state index in [0.29, 0.717) is 31.3 Å². The average molecular weight is 486 g/mol. The monoisotopic (exact) mass is 486 g/mol. The maximum Gasteiger partial charge on any atom is 0.417 e.